The van der Waals surface area contributed by atoms with Crippen molar-refractivity contribution in [3.05, 3.63) is 62.0 Å². The lowest BCUT2D eigenvalue weighted by molar-refractivity contribution is 0.302. The number of benzene rings is 2. The Hall–Kier alpha value is -1.13. The van der Waals surface area contributed by atoms with E-state index in [1.807, 2.05) is 6.21 Å². The van der Waals surface area contributed by atoms with Gasteiger partial charge in [-0.25, -0.2) is 0 Å². The number of nitrogens with zero attached hydrogens (tertiary/aromatic N) is 1. The van der Waals surface area contributed by atoms with Crippen molar-refractivity contribution in [1.82, 2.24) is 0 Å². The van der Waals surface area contributed by atoms with Crippen LogP contribution in [0.5, 0.6) is 5.75 Å². The van der Waals surface area contributed by atoms with Crippen LogP contribution in [0.25, 0.3) is 0 Å². The third-order valence-electron chi connectivity index (χ3n) is 4.67. The van der Waals surface area contributed by atoms with E-state index in [9.17, 15) is 0 Å². The molecule has 4 heteroatoms. The lowest BCUT2D eigenvalue weighted by atomic mass is 10.00. The molecule has 2 rings (SSSR count). The van der Waals surface area contributed by atoms with Gasteiger partial charge in [-0.3, -0.25) is 4.99 Å². The maximum absolute atomic E-state index is 6.01. The van der Waals surface area contributed by atoms with Crippen LogP contribution in [-0.4, -0.2) is 12.8 Å². The Morgan fingerprint density at radius 1 is 1.07 bits per heavy atom. The van der Waals surface area contributed by atoms with E-state index in [4.69, 9.17) is 4.74 Å². The predicted octanol–water partition coefficient (Wildman–Crippen LogP) is 7.73. The molecule has 2 aromatic carbocycles. The number of halogens is 2. The summed E-state index contributed by atoms with van der Waals surface area (Å²) in [5.74, 6) is 1.51. The maximum atomic E-state index is 6.01. The Balaban J connectivity index is 1.98. The summed E-state index contributed by atoms with van der Waals surface area (Å²) < 4.78 is 7.88. The average molecular weight is 495 g/mol. The van der Waals surface area contributed by atoms with E-state index < -0.39 is 0 Å². The first-order valence-electron chi connectivity index (χ1n) is 9.70. The van der Waals surface area contributed by atoms with Crippen LogP contribution in [0.4, 0.5) is 0 Å². The zero-order chi connectivity index (χ0) is 19.6. The van der Waals surface area contributed by atoms with Crippen molar-refractivity contribution >= 4 is 38.1 Å². The average Bonchev–Trinajstić information content (AvgIpc) is 2.65. The Morgan fingerprint density at radius 2 is 1.74 bits per heavy atom. The number of unbranched alkanes of at least 4 members (excludes halogenated alkanes) is 1. The summed E-state index contributed by atoms with van der Waals surface area (Å²) in [4.78, 5) is 4.67. The molecule has 1 atom stereocenters. The summed E-state index contributed by atoms with van der Waals surface area (Å²) in [6, 6.07) is 12.5. The molecule has 0 saturated heterocycles. The topological polar surface area (TPSA) is 21.6 Å². The van der Waals surface area contributed by atoms with Crippen molar-refractivity contribution in [1.29, 1.82) is 0 Å². The van der Waals surface area contributed by atoms with E-state index in [-0.39, 0.29) is 0 Å². The molecule has 0 aliphatic rings. The minimum atomic E-state index is 0.542. The number of hydrogen-bond donors (Lipinski definition) is 0. The molecule has 2 nitrogen and oxygen atoms in total. The fourth-order valence-electron chi connectivity index (χ4n) is 2.86. The zero-order valence-electron chi connectivity index (χ0n) is 16.5. The smallest absolute Gasteiger partial charge is 0.148 e. The second-order valence-electron chi connectivity index (χ2n) is 7.00. The van der Waals surface area contributed by atoms with E-state index in [2.05, 4.69) is 94.0 Å². The molecule has 0 spiro atoms. The van der Waals surface area contributed by atoms with E-state index >= 15 is 0 Å². The third kappa shape index (κ3) is 7.42. The van der Waals surface area contributed by atoms with Gasteiger partial charge in [0, 0.05) is 12.8 Å². The predicted molar refractivity (Wildman–Crippen MR) is 123 cm³/mol. The van der Waals surface area contributed by atoms with Gasteiger partial charge in [-0.05, 0) is 74.4 Å². The fourth-order valence-corrected chi connectivity index (χ4v) is 4.31. The second-order valence-corrected chi connectivity index (χ2v) is 8.71. The van der Waals surface area contributed by atoms with Gasteiger partial charge in [0.1, 0.15) is 12.4 Å². The third-order valence-corrected chi connectivity index (χ3v) is 5.85. The van der Waals surface area contributed by atoms with Crippen molar-refractivity contribution in [2.45, 2.75) is 53.1 Å². The summed E-state index contributed by atoms with van der Waals surface area (Å²) in [5.41, 5.74) is 3.48. The van der Waals surface area contributed by atoms with Crippen LogP contribution in [0, 0.1) is 12.8 Å². The molecule has 0 aliphatic carbocycles. The summed E-state index contributed by atoms with van der Waals surface area (Å²) in [7, 11) is 0. The van der Waals surface area contributed by atoms with Gasteiger partial charge in [-0.15, -0.1) is 0 Å². The van der Waals surface area contributed by atoms with Crippen LogP contribution in [-0.2, 0) is 6.61 Å². The second kappa shape index (κ2) is 11.7. The van der Waals surface area contributed by atoms with Gasteiger partial charge in [0.15, 0.2) is 0 Å². The van der Waals surface area contributed by atoms with E-state index in [1.54, 1.807) is 0 Å². The van der Waals surface area contributed by atoms with Crippen molar-refractivity contribution in [2.24, 2.45) is 10.9 Å². The molecular formula is C23H29Br2NO. The first kappa shape index (κ1) is 22.2. The highest BCUT2D eigenvalue weighted by molar-refractivity contribution is 9.11. The molecule has 0 heterocycles. The standard InChI is InChI=1S/C23H29Br2NO/c1-4-6-7-18(5-2)14-26-15-20-12-21(24)23(22(25)13-20)27-16-19-10-8-17(3)9-11-19/h8-13,15,18H,4-7,14,16H2,1-3H3. The van der Waals surface area contributed by atoms with Crippen molar-refractivity contribution < 1.29 is 4.74 Å². The van der Waals surface area contributed by atoms with Gasteiger partial charge < -0.3 is 4.74 Å². The van der Waals surface area contributed by atoms with E-state index in [0.717, 1.165) is 32.4 Å². The normalized spacial score (nSPS) is 12.5. The highest BCUT2D eigenvalue weighted by Gasteiger charge is 2.09. The summed E-state index contributed by atoms with van der Waals surface area (Å²) in [5, 5.41) is 0. The molecule has 0 N–H and O–H groups in total. The Labute approximate surface area is 180 Å². The van der Waals surface area contributed by atoms with Crippen LogP contribution < -0.4 is 4.74 Å². The Kier molecular flexibility index (Phi) is 9.57. The lowest BCUT2D eigenvalue weighted by Crippen LogP contribution is -2.03. The zero-order valence-corrected chi connectivity index (χ0v) is 19.6. The highest BCUT2D eigenvalue weighted by Crippen LogP contribution is 2.35. The SMILES string of the molecule is CCCCC(CC)CN=Cc1cc(Br)c(OCc2ccc(C)cc2)c(Br)c1. The molecule has 0 amide bonds. The largest absolute Gasteiger partial charge is 0.487 e. The molecule has 146 valence electrons. The van der Waals surface area contributed by atoms with Gasteiger partial charge in [0.2, 0.25) is 0 Å². The van der Waals surface area contributed by atoms with Crippen molar-refractivity contribution in [3.8, 4) is 5.75 Å². The van der Waals surface area contributed by atoms with Crippen LogP contribution in [0.2, 0.25) is 0 Å². The number of aryl methyl sites for hydroxylation is 1. The highest BCUT2D eigenvalue weighted by atomic mass is 79.9. The van der Waals surface area contributed by atoms with Gasteiger partial charge in [-0.1, -0.05) is 62.9 Å². The molecule has 0 radical (unpaired) electrons. The number of ether oxygens (including phenoxy) is 1. The minimum Gasteiger partial charge on any atom is -0.487 e. The van der Waals surface area contributed by atoms with E-state index in [1.165, 1.54) is 31.2 Å². The Morgan fingerprint density at radius 3 is 2.33 bits per heavy atom. The van der Waals surface area contributed by atoms with Crippen LogP contribution in [0.1, 0.15) is 56.2 Å². The number of rotatable bonds is 10. The van der Waals surface area contributed by atoms with Gasteiger partial charge >= 0.3 is 0 Å². The first-order chi connectivity index (χ1) is 13.0. The monoisotopic (exact) mass is 493 g/mol. The maximum Gasteiger partial charge on any atom is 0.148 e. The lowest BCUT2D eigenvalue weighted by Gasteiger charge is -2.12. The molecular weight excluding hydrogens is 466 g/mol. The van der Waals surface area contributed by atoms with Gasteiger partial charge in [0.25, 0.3) is 0 Å². The molecule has 1 unspecified atom stereocenters. The van der Waals surface area contributed by atoms with Gasteiger partial charge in [-0.2, -0.15) is 0 Å². The van der Waals surface area contributed by atoms with Crippen LogP contribution in [0.15, 0.2) is 50.3 Å². The minimum absolute atomic E-state index is 0.542. The molecule has 0 aromatic heterocycles. The summed E-state index contributed by atoms with van der Waals surface area (Å²) >= 11 is 7.27. The number of hydrogen-bond acceptors (Lipinski definition) is 2. The molecule has 0 fully saturated rings. The summed E-state index contributed by atoms with van der Waals surface area (Å²) in [6.45, 7) is 8.03. The van der Waals surface area contributed by atoms with Crippen molar-refractivity contribution in [2.75, 3.05) is 6.54 Å². The van der Waals surface area contributed by atoms with Gasteiger partial charge in [0.05, 0.1) is 8.95 Å². The molecule has 0 aliphatic heterocycles. The van der Waals surface area contributed by atoms with E-state index in [0.29, 0.717) is 12.5 Å². The molecule has 0 bridgehead atoms. The number of aliphatic imine (C=N–C) groups is 1. The molecule has 2 aromatic rings. The van der Waals surface area contributed by atoms with Crippen LogP contribution in [0.3, 0.4) is 0 Å². The van der Waals surface area contributed by atoms with Crippen molar-refractivity contribution in [3.63, 3.8) is 0 Å². The summed E-state index contributed by atoms with van der Waals surface area (Å²) in [6.07, 6.45) is 6.97. The molecule has 27 heavy (non-hydrogen) atoms. The molecule has 0 saturated carbocycles. The van der Waals surface area contributed by atoms with Crippen LogP contribution >= 0.6 is 31.9 Å². The fraction of sp³-hybridized carbons (Fsp3) is 0.435. The quantitative estimate of drug-likeness (QED) is 0.309. The first-order valence-corrected chi connectivity index (χ1v) is 11.3. The Bertz CT molecular complexity index is 718.